The molecule has 0 aromatic heterocycles. The summed E-state index contributed by atoms with van der Waals surface area (Å²) in [5, 5.41) is 10.5. The highest BCUT2D eigenvalue weighted by Gasteiger charge is 2.32. The quantitative estimate of drug-likeness (QED) is 0.0305. The van der Waals surface area contributed by atoms with E-state index in [1.807, 2.05) is 48.5 Å². The third-order valence-electron chi connectivity index (χ3n) is 23.0. The van der Waals surface area contributed by atoms with Crippen molar-refractivity contribution in [1.29, 1.82) is 0 Å². The number of hydrogen-bond donors (Lipinski definition) is 3. The maximum absolute atomic E-state index is 13.7. The van der Waals surface area contributed by atoms with Gasteiger partial charge in [-0.15, -0.1) is 0 Å². The van der Waals surface area contributed by atoms with Crippen LogP contribution in [0.2, 0.25) is 0 Å². The second-order valence-electron chi connectivity index (χ2n) is 31.7. The average Bonchev–Trinajstić information content (AvgIpc) is 0.816. The van der Waals surface area contributed by atoms with Crippen LogP contribution < -0.4 is 78.0 Å². The number of para-hydroxylation sites is 1. The summed E-state index contributed by atoms with van der Waals surface area (Å²) in [6.45, 7) is 20.1. The van der Waals surface area contributed by atoms with Gasteiger partial charge in [0.25, 0.3) is 0 Å². The van der Waals surface area contributed by atoms with Gasteiger partial charge in [0.05, 0.1) is 122 Å². The summed E-state index contributed by atoms with van der Waals surface area (Å²) in [7, 11) is 6.90. The highest BCUT2D eigenvalue weighted by atomic mass is 19.1. The van der Waals surface area contributed by atoms with E-state index < -0.39 is 0 Å². The lowest BCUT2D eigenvalue weighted by atomic mass is 9.87. The summed E-state index contributed by atoms with van der Waals surface area (Å²) in [4.78, 5) is 7.16. The van der Waals surface area contributed by atoms with Crippen LogP contribution in [0.4, 0.5) is 25.8 Å². The van der Waals surface area contributed by atoms with Gasteiger partial charge in [0, 0.05) is 130 Å². The molecule has 0 radical (unpaired) electrons. The van der Waals surface area contributed by atoms with E-state index in [1.54, 1.807) is 58.8 Å². The molecule has 3 fully saturated rings. The lowest BCUT2D eigenvalue weighted by Gasteiger charge is -2.33. The number of anilines is 3. The van der Waals surface area contributed by atoms with Crippen molar-refractivity contribution in [2.45, 2.75) is 114 Å². The van der Waals surface area contributed by atoms with Crippen molar-refractivity contribution in [3.8, 4) is 57.5 Å². The van der Waals surface area contributed by atoms with Crippen molar-refractivity contribution in [2.75, 3.05) is 201 Å². The highest BCUT2D eigenvalue weighted by molar-refractivity contribution is 5.63. The molecule has 22 nitrogen and oxygen atoms in total. The molecule has 6 aliphatic heterocycles. The summed E-state index contributed by atoms with van der Waals surface area (Å²) in [6.07, 6.45) is 8.48. The molecular formula is C100H126F2N6O16. The fraction of sp³-hybridized carbons (Fsp3) is 0.460. The number of piperidine rings is 3. The van der Waals surface area contributed by atoms with Crippen molar-refractivity contribution in [3.63, 3.8) is 0 Å². The Morgan fingerprint density at radius 3 is 1.06 bits per heavy atom. The van der Waals surface area contributed by atoms with E-state index in [0.717, 1.165) is 217 Å². The normalized spacial score (nSPS) is 18.4. The van der Waals surface area contributed by atoms with Gasteiger partial charge in [-0.05, 0) is 201 Å². The first kappa shape index (κ1) is 91.6. The second-order valence-corrected chi connectivity index (χ2v) is 31.7. The van der Waals surface area contributed by atoms with Crippen LogP contribution >= 0.6 is 0 Å². The van der Waals surface area contributed by atoms with Crippen molar-refractivity contribution in [3.05, 3.63) is 245 Å². The molecule has 24 heteroatoms. The molecular weight excluding hydrogens is 1580 g/mol. The standard InChI is InChI=1S/C34H44N2O6.2C33H41FN2O5/c1-37-18-4-16-36-17-21-41-33-13-8-26(22-32(33)36)25-42-34-24-35-15-14-31(34)27-9-11-28(12-10-27)39-19-5-20-40-30-7-3-6-29(23-30)38-2;1-37-17-3-15-36-16-20-40-32-12-7-25(21-31(32)36)24-41-33-23-35-14-13-30(33)26-8-10-28(11-9-26)38-18-4-19-39-29-6-2-5-27(34)22-29;1-37-18-4-16-36-17-21-40-32-13-8-25(22-30(32)36)24-41-33-23-35-15-14-28(33)26-9-11-27(12-10-26)38-19-5-20-39-31-7-3-2-6-29(31)34/h3,6-13,22-23,31,34-35H,4-5,14-21,24-25H2,1-2H3;2,5-12,21-22,30,33,35H,3-4,13-20,23-24H2,1H3;2-3,6-13,22,28,33,35H,4-5,14-21,23-24H2,1H3/t31-,34-;30-,33+;28-,33+/m111/s1. The molecule has 15 rings (SSSR count). The van der Waals surface area contributed by atoms with E-state index >= 15 is 0 Å². The van der Waals surface area contributed by atoms with Crippen LogP contribution in [-0.4, -0.2) is 205 Å². The van der Waals surface area contributed by atoms with Gasteiger partial charge < -0.3 is 106 Å². The summed E-state index contributed by atoms with van der Waals surface area (Å²) >= 11 is 0. The zero-order valence-electron chi connectivity index (χ0n) is 72.6. The van der Waals surface area contributed by atoms with Crippen molar-refractivity contribution >= 4 is 17.1 Å². The number of ether oxygens (including phenoxy) is 16. The lowest BCUT2D eigenvalue weighted by molar-refractivity contribution is 0.0105. The fourth-order valence-corrected chi connectivity index (χ4v) is 16.4. The van der Waals surface area contributed by atoms with Gasteiger partial charge in [-0.3, -0.25) is 0 Å². The predicted octanol–water partition coefficient (Wildman–Crippen LogP) is 16.6. The number of methoxy groups -OCH3 is 4. The Balaban J connectivity index is 0.000000160. The molecule has 0 unspecified atom stereocenters. The van der Waals surface area contributed by atoms with Crippen molar-refractivity contribution < 1.29 is 84.6 Å². The Morgan fingerprint density at radius 1 is 0.339 bits per heavy atom. The first-order chi connectivity index (χ1) is 61.1. The predicted molar refractivity (Wildman–Crippen MR) is 480 cm³/mol. The Labute approximate surface area is 731 Å². The van der Waals surface area contributed by atoms with Crippen LogP contribution in [0.25, 0.3) is 0 Å². The van der Waals surface area contributed by atoms with Gasteiger partial charge in [0.1, 0.15) is 77.4 Å². The molecule has 9 aromatic carbocycles. The van der Waals surface area contributed by atoms with Gasteiger partial charge in [0.2, 0.25) is 0 Å². The first-order valence-electron chi connectivity index (χ1n) is 44.3. The number of hydrogen-bond acceptors (Lipinski definition) is 22. The Kier molecular flexibility index (Phi) is 37.0. The minimum absolute atomic E-state index is 0.0798. The maximum Gasteiger partial charge on any atom is 0.165 e. The molecule has 0 aliphatic carbocycles. The molecule has 3 N–H and O–H groups in total. The fourth-order valence-electron chi connectivity index (χ4n) is 16.4. The molecule has 124 heavy (non-hydrogen) atoms. The van der Waals surface area contributed by atoms with E-state index in [4.69, 9.17) is 75.8 Å². The second kappa shape index (κ2) is 50.1. The topological polar surface area (TPSA) is 193 Å². The average molecular weight is 1710 g/mol. The number of benzene rings is 9. The summed E-state index contributed by atoms with van der Waals surface area (Å²) < 4.78 is 120. The van der Waals surface area contributed by atoms with Crippen LogP contribution in [0.5, 0.6) is 57.5 Å². The number of halogens is 2. The van der Waals surface area contributed by atoms with Crippen LogP contribution in [0, 0.1) is 11.6 Å². The van der Waals surface area contributed by atoms with Gasteiger partial charge in [-0.1, -0.05) is 78.9 Å². The molecule has 9 aromatic rings. The Morgan fingerprint density at radius 2 is 0.694 bits per heavy atom. The number of nitrogens with one attached hydrogen (secondary N) is 3. The molecule has 0 bridgehead atoms. The van der Waals surface area contributed by atoms with E-state index in [9.17, 15) is 8.78 Å². The van der Waals surface area contributed by atoms with E-state index in [-0.39, 0.29) is 35.7 Å². The minimum Gasteiger partial charge on any atom is -0.497 e. The summed E-state index contributed by atoms with van der Waals surface area (Å²) in [5.41, 5.74) is 10.7. The summed E-state index contributed by atoms with van der Waals surface area (Å²) in [6, 6.07) is 64.7. The van der Waals surface area contributed by atoms with E-state index in [2.05, 4.69) is 134 Å². The third-order valence-corrected chi connectivity index (χ3v) is 23.0. The maximum atomic E-state index is 13.7. The third kappa shape index (κ3) is 28.2. The SMILES string of the molecule is COCCCN1CCOc2ccc(CO[C@@H]3CNCC[C@@H]3c3ccc(OCCCOc4cccc(OC)c4)cc3)cc21.COCCCN1CCOc2ccc(CO[C@H]3CNCC[C@@H]3c3ccc(OCCCOc4cccc(F)c4)cc3)cc21.COCCCN1CCOc2ccc(CO[C@H]3CNCC[C@@H]3c3ccc(OCCCOc4ccccc4F)cc3)cc21. The molecule has 6 heterocycles. The van der Waals surface area contributed by atoms with E-state index in [1.165, 1.54) is 40.5 Å². The minimum atomic E-state index is -0.346. The first-order valence-corrected chi connectivity index (χ1v) is 44.3. The largest absolute Gasteiger partial charge is 0.497 e. The summed E-state index contributed by atoms with van der Waals surface area (Å²) in [5.74, 6) is 8.08. The van der Waals surface area contributed by atoms with Crippen LogP contribution in [0.15, 0.2) is 200 Å². The Bertz CT molecular complexity index is 4600. The molecule has 666 valence electrons. The van der Waals surface area contributed by atoms with Gasteiger partial charge >= 0.3 is 0 Å². The monoisotopic (exact) mass is 1700 g/mol. The molecule has 0 spiro atoms. The van der Waals surface area contributed by atoms with Crippen LogP contribution in [0.1, 0.15) is 109 Å². The molecule has 6 aliphatic rings. The molecule has 6 atom stereocenters. The smallest absolute Gasteiger partial charge is 0.165 e. The Hall–Kier alpha value is -10.1. The van der Waals surface area contributed by atoms with Crippen LogP contribution in [0.3, 0.4) is 0 Å². The van der Waals surface area contributed by atoms with Gasteiger partial charge in [-0.2, -0.15) is 0 Å². The van der Waals surface area contributed by atoms with Crippen LogP contribution in [-0.2, 0) is 48.2 Å². The molecule has 0 amide bonds. The van der Waals surface area contributed by atoms with Crippen molar-refractivity contribution in [2.24, 2.45) is 0 Å². The lowest BCUT2D eigenvalue weighted by Crippen LogP contribution is -2.41. The number of rotatable bonds is 43. The highest BCUT2D eigenvalue weighted by Crippen LogP contribution is 2.39. The molecule has 0 saturated carbocycles. The number of fused-ring (bicyclic) bond motifs is 3. The zero-order chi connectivity index (χ0) is 85.5. The van der Waals surface area contributed by atoms with Gasteiger partial charge in [-0.25, -0.2) is 8.78 Å². The van der Waals surface area contributed by atoms with E-state index in [0.29, 0.717) is 116 Å². The zero-order valence-corrected chi connectivity index (χ0v) is 72.6. The van der Waals surface area contributed by atoms with Crippen molar-refractivity contribution in [1.82, 2.24) is 16.0 Å². The van der Waals surface area contributed by atoms with Gasteiger partial charge in [0.15, 0.2) is 11.6 Å². The number of nitrogens with zero attached hydrogens (tertiary/aromatic N) is 3. The molecule has 3 saturated heterocycles.